The summed E-state index contributed by atoms with van der Waals surface area (Å²) >= 11 is 0. The molecule has 1 aromatic heterocycles. The van der Waals surface area contributed by atoms with E-state index >= 15 is 0 Å². The van der Waals surface area contributed by atoms with Gasteiger partial charge < -0.3 is 4.42 Å². The molecule has 0 aliphatic carbocycles. The molecule has 2 nitrogen and oxygen atoms in total. The first kappa shape index (κ1) is 11.8. The quantitative estimate of drug-likeness (QED) is 0.742. The average molecular weight is 234 g/mol. The lowest BCUT2D eigenvalue weighted by Gasteiger charge is -2.04. The van der Waals surface area contributed by atoms with Crippen molar-refractivity contribution in [2.45, 2.75) is 26.7 Å². The Hall–Kier alpha value is -1.64. The lowest BCUT2D eigenvalue weighted by atomic mass is 10.0. The monoisotopic (exact) mass is 234 g/mol. The number of halogens is 1. The van der Waals surface area contributed by atoms with E-state index < -0.39 is 5.82 Å². The first-order valence-corrected chi connectivity index (χ1v) is 5.83. The van der Waals surface area contributed by atoms with Crippen LogP contribution in [0.2, 0.25) is 0 Å². The fourth-order valence-electron chi connectivity index (χ4n) is 1.73. The van der Waals surface area contributed by atoms with Crippen molar-refractivity contribution in [1.82, 2.24) is 0 Å². The number of furan rings is 1. The highest BCUT2D eigenvalue weighted by Crippen LogP contribution is 2.24. The summed E-state index contributed by atoms with van der Waals surface area (Å²) in [7, 11) is 0. The molecule has 0 saturated carbocycles. The van der Waals surface area contributed by atoms with Gasteiger partial charge in [-0.05, 0) is 18.1 Å². The van der Waals surface area contributed by atoms with Crippen molar-refractivity contribution in [3.63, 3.8) is 0 Å². The summed E-state index contributed by atoms with van der Waals surface area (Å²) in [6, 6.07) is 6.29. The number of hydrogen-bond donors (Lipinski definition) is 0. The smallest absolute Gasteiger partial charge is 0.198 e. The molecule has 3 heteroatoms. The summed E-state index contributed by atoms with van der Waals surface area (Å²) < 4.78 is 18.7. The molecule has 1 aromatic carbocycles. The third kappa shape index (κ3) is 2.38. The van der Waals surface area contributed by atoms with Crippen molar-refractivity contribution in [2.75, 3.05) is 0 Å². The van der Waals surface area contributed by atoms with E-state index in [9.17, 15) is 9.18 Å². The summed E-state index contributed by atoms with van der Waals surface area (Å²) in [5.41, 5.74) is 0.167. The van der Waals surface area contributed by atoms with E-state index in [4.69, 9.17) is 4.42 Å². The highest BCUT2D eigenvalue weighted by atomic mass is 19.1. The highest BCUT2D eigenvalue weighted by molar-refractivity contribution is 5.97. The molecule has 2 aromatic rings. The van der Waals surface area contributed by atoms with Crippen LogP contribution >= 0.6 is 0 Å². The number of rotatable bonds is 4. The van der Waals surface area contributed by atoms with Gasteiger partial charge in [0.05, 0.1) is 0 Å². The number of para-hydroxylation sites is 1. The van der Waals surface area contributed by atoms with E-state index in [-0.39, 0.29) is 17.1 Å². The first-order chi connectivity index (χ1) is 8.11. The Bertz CT molecular complexity index is 542. The molecule has 0 saturated heterocycles. The van der Waals surface area contributed by atoms with Gasteiger partial charge in [-0.3, -0.25) is 4.79 Å². The SMILES string of the molecule is CCC(C)CC(=O)c1cc2cccc(F)c2o1. The molecule has 0 amide bonds. The van der Waals surface area contributed by atoms with Gasteiger partial charge in [-0.2, -0.15) is 0 Å². The van der Waals surface area contributed by atoms with Crippen molar-refractivity contribution >= 4 is 16.8 Å². The molecule has 90 valence electrons. The second-order valence-electron chi connectivity index (χ2n) is 4.41. The highest BCUT2D eigenvalue weighted by Gasteiger charge is 2.16. The van der Waals surface area contributed by atoms with Crippen LogP contribution in [-0.4, -0.2) is 5.78 Å². The van der Waals surface area contributed by atoms with Crippen LogP contribution < -0.4 is 0 Å². The molecule has 0 aliphatic heterocycles. The van der Waals surface area contributed by atoms with Crippen LogP contribution in [0.3, 0.4) is 0 Å². The van der Waals surface area contributed by atoms with Crippen molar-refractivity contribution in [3.8, 4) is 0 Å². The van der Waals surface area contributed by atoms with Gasteiger partial charge in [0.1, 0.15) is 0 Å². The third-order valence-corrected chi connectivity index (χ3v) is 3.00. The zero-order chi connectivity index (χ0) is 12.4. The van der Waals surface area contributed by atoms with Crippen molar-refractivity contribution in [1.29, 1.82) is 0 Å². The maximum Gasteiger partial charge on any atom is 0.198 e. The lowest BCUT2D eigenvalue weighted by molar-refractivity contribution is 0.0938. The number of carbonyl (C=O) groups excluding carboxylic acids is 1. The molecular formula is C14H15FO2. The van der Waals surface area contributed by atoms with Crippen LogP contribution in [0.25, 0.3) is 11.0 Å². The zero-order valence-electron chi connectivity index (χ0n) is 10.00. The summed E-state index contributed by atoms with van der Waals surface area (Å²) in [6.07, 6.45) is 1.39. The molecule has 0 bridgehead atoms. The topological polar surface area (TPSA) is 30.2 Å². The van der Waals surface area contributed by atoms with Gasteiger partial charge in [0.2, 0.25) is 0 Å². The molecule has 0 aliphatic rings. The zero-order valence-corrected chi connectivity index (χ0v) is 10.00. The Morgan fingerprint density at radius 2 is 2.24 bits per heavy atom. The predicted molar refractivity (Wildman–Crippen MR) is 64.6 cm³/mol. The molecule has 0 radical (unpaired) electrons. The number of ketones is 1. The van der Waals surface area contributed by atoms with E-state index in [1.54, 1.807) is 18.2 Å². The minimum absolute atomic E-state index is 0.0602. The molecule has 1 unspecified atom stereocenters. The van der Waals surface area contributed by atoms with Crippen molar-refractivity contribution in [3.05, 3.63) is 35.8 Å². The van der Waals surface area contributed by atoms with E-state index in [1.165, 1.54) is 6.07 Å². The molecule has 0 spiro atoms. The van der Waals surface area contributed by atoms with Crippen molar-refractivity contribution in [2.24, 2.45) is 5.92 Å². The van der Waals surface area contributed by atoms with Gasteiger partial charge in [-0.1, -0.05) is 32.4 Å². The van der Waals surface area contributed by atoms with E-state index in [2.05, 4.69) is 0 Å². The number of carbonyl (C=O) groups is 1. The Balaban J connectivity index is 2.30. The minimum Gasteiger partial charge on any atom is -0.450 e. The van der Waals surface area contributed by atoms with Gasteiger partial charge in [0, 0.05) is 11.8 Å². The normalized spacial score (nSPS) is 12.9. The molecule has 2 rings (SSSR count). The van der Waals surface area contributed by atoms with Crippen LogP contribution in [0, 0.1) is 11.7 Å². The lowest BCUT2D eigenvalue weighted by Crippen LogP contribution is -2.03. The maximum atomic E-state index is 13.4. The number of fused-ring (bicyclic) bond motifs is 1. The van der Waals surface area contributed by atoms with E-state index in [1.807, 2.05) is 13.8 Å². The Labute approximate surface area is 99.4 Å². The van der Waals surface area contributed by atoms with E-state index in [0.29, 0.717) is 17.7 Å². The Morgan fingerprint density at radius 1 is 1.47 bits per heavy atom. The molecule has 1 atom stereocenters. The van der Waals surface area contributed by atoms with Gasteiger partial charge in [-0.15, -0.1) is 0 Å². The van der Waals surface area contributed by atoms with Gasteiger partial charge in [0.25, 0.3) is 0 Å². The second-order valence-corrected chi connectivity index (χ2v) is 4.41. The van der Waals surface area contributed by atoms with Crippen LogP contribution in [0.4, 0.5) is 4.39 Å². The summed E-state index contributed by atoms with van der Waals surface area (Å²) in [4.78, 5) is 11.9. The largest absolute Gasteiger partial charge is 0.450 e. The summed E-state index contributed by atoms with van der Waals surface area (Å²) in [5, 5.41) is 0.637. The summed E-state index contributed by atoms with van der Waals surface area (Å²) in [5.74, 6) is 0.0889. The second kappa shape index (κ2) is 4.70. The van der Waals surface area contributed by atoms with E-state index in [0.717, 1.165) is 6.42 Å². The maximum absolute atomic E-state index is 13.4. The van der Waals surface area contributed by atoms with Crippen LogP contribution in [0.5, 0.6) is 0 Å². The Kier molecular flexibility index (Phi) is 3.27. The molecular weight excluding hydrogens is 219 g/mol. The number of benzene rings is 1. The molecule has 0 fully saturated rings. The molecule has 0 N–H and O–H groups in total. The number of hydrogen-bond acceptors (Lipinski definition) is 2. The fourth-order valence-corrected chi connectivity index (χ4v) is 1.73. The van der Waals surface area contributed by atoms with Gasteiger partial charge in [-0.25, -0.2) is 4.39 Å². The van der Waals surface area contributed by atoms with Crippen LogP contribution in [-0.2, 0) is 0 Å². The third-order valence-electron chi connectivity index (χ3n) is 3.00. The average Bonchev–Trinajstić information content (AvgIpc) is 2.74. The predicted octanol–water partition coefficient (Wildman–Crippen LogP) is 4.19. The van der Waals surface area contributed by atoms with Gasteiger partial charge in [0.15, 0.2) is 22.9 Å². The standard InChI is InChI=1S/C14H15FO2/c1-3-9(2)7-12(16)13-8-10-5-4-6-11(15)14(10)17-13/h4-6,8-9H,3,7H2,1-2H3. The van der Waals surface area contributed by atoms with Crippen molar-refractivity contribution < 1.29 is 13.6 Å². The Morgan fingerprint density at radius 3 is 2.88 bits per heavy atom. The molecule has 17 heavy (non-hydrogen) atoms. The minimum atomic E-state index is -0.426. The first-order valence-electron chi connectivity index (χ1n) is 5.83. The molecule has 1 heterocycles. The van der Waals surface area contributed by atoms with Crippen LogP contribution in [0.1, 0.15) is 37.2 Å². The van der Waals surface area contributed by atoms with Crippen LogP contribution in [0.15, 0.2) is 28.7 Å². The number of Topliss-reactive ketones (excluding diaryl/α,β-unsaturated/α-hetero) is 1. The fraction of sp³-hybridized carbons (Fsp3) is 0.357. The van der Waals surface area contributed by atoms with Gasteiger partial charge >= 0.3 is 0 Å². The summed E-state index contributed by atoms with van der Waals surface area (Å²) in [6.45, 7) is 4.05.